The van der Waals surface area contributed by atoms with Crippen LogP contribution >= 0.6 is 0 Å². The lowest BCUT2D eigenvalue weighted by Gasteiger charge is -2.23. The number of fused-ring (bicyclic) bond motifs is 2. The van der Waals surface area contributed by atoms with Crippen LogP contribution in [0.1, 0.15) is 50.5 Å². The Morgan fingerprint density at radius 3 is 2.64 bits per heavy atom. The third-order valence-electron chi connectivity index (χ3n) is 6.66. The maximum atomic E-state index is 12.8. The number of methoxy groups -OCH3 is 1. The molecule has 3 aliphatic rings. The highest BCUT2D eigenvalue weighted by molar-refractivity contribution is 7.89. The van der Waals surface area contributed by atoms with Gasteiger partial charge in [0.05, 0.1) is 12.0 Å². The second-order valence-electron chi connectivity index (χ2n) is 8.43. The number of aryl methyl sites for hydroxylation is 1. The van der Waals surface area contributed by atoms with E-state index in [-0.39, 0.29) is 5.91 Å². The molecule has 154 valence electrons. The molecular formula is C21H30N2O4S. The Bertz CT molecular complexity index is 833. The molecule has 1 aliphatic heterocycles. The van der Waals surface area contributed by atoms with Crippen LogP contribution in [0.2, 0.25) is 0 Å². The molecule has 0 unspecified atom stereocenters. The maximum Gasteiger partial charge on any atom is 0.243 e. The molecule has 3 atom stereocenters. The third kappa shape index (κ3) is 3.92. The SMILES string of the molecule is COc1ccc(S(=O)(=O)N2CCCC2)cc1CCC(=O)N[C@@H]1C[C@H]2CC[C@@H]1C2. The van der Waals surface area contributed by atoms with Gasteiger partial charge in [-0.25, -0.2) is 8.42 Å². The van der Waals surface area contributed by atoms with Gasteiger partial charge in [-0.2, -0.15) is 4.31 Å². The molecule has 2 aliphatic carbocycles. The van der Waals surface area contributed by atoms with Gasteiger partial charge in [0, 0.05) is 25.6 Å². The Labute approximate surface area is 167 Å². The first-order valence-electron chi connectivity index (χ1n) is 10.4. The van der Waals surface area contributed by atoms with Crippen LogP contribution in [-0.2, 0) is 21.2 Å². The number of benzene rings is 1. The van der Waals surface area contributed by atoms with Crippen molar-refractivity contribution in [3.63, 3.8) is 0 Å². The molecule has 4 rings (SSSR count). The lowest BCUT2D eigenvalue weighted by molar-refractivity contribution is -0.122. The molecule has 0 radical (unpaired) electrons. The predicted molar refractivity (Wildman–Crippen MR) is 107 cm³/mol. The summed E-state index contributed by atoms with van der Waals surface area (Å²) in [5, 5.41) is 3.20. The maximum absolute atomic E-state index is 12.8. The Hall–Kier alpha value is -1.60. The largest absolute Gasteiger partial charge is 0.496 e. The summed E-state index contributed by atoms with van der Waals surface area (Å²) in [7, 11) is -1.90. The van der Waals surface area contributed by atoms with Gasteiger partial charge in [0.2, 0.25) is 15.9 Å². The van der Waals surface area contributed by atoms with E-state index in [9.17, 15) is 13.2 Å². The molecule has 1 heterocycles. The Balaban J connectivity index is 1.42. The number of amides is 1. The minimum Gasteiger partial charge on any atom is -0.496 e. The first-order valence-corrected chi connectivity index (χ1v) is 11.9. The summed E-state index contributed by atoms with van der Waals surface area (Å²) in [4.78, 5) is 12.8. The van der Waals surface area contributed by atoms with Gasteiger partial charge in [0.1, 0.15) is 5.75 Å². The number of ether oxygens (including phenoxy) is 1. The molecule has 1 saturated heterocycles. The molecule has 2 bridgehead atoms. The van der Waals surface area contributed by atoms with Gasteiger partial charge in [-0.15, -0.1) is 0 Å². The van der Waals surface area contributed by atoms with Crippen molar-refractivity contribution < 1.29 is 17.9 Å². The van der Waals surface area contributed by atoms with Crippen LogP contribution < -0.4 is 10.1 Å². The summed E-state index contributed by atoms with van der Waals surface area (Å²) in [6.07, 6.45) is 7.55. The summed E-state index contributed by atoms with van der Waals surface area (Å²) in [6.45, 7) is 1.16. The summed E-state index contributed by atoms with van der Waals surface area (Å²) < 4.78 is 32.6. The highest BCUT2D eigenvalue weighted by Crippen LogP contribution is 2.44. The fourth-order valence-electron chi connectivity index (χ4n) is 5.14. The van der Waals surface area contributed by atoms with E-state index in [1.807, 2.05) is 0 Å². The zero-order valence-electron chi connectivity index (χ0n) is 16.5. The van der Waals surface area contributed by atoms with Crippen molar-refractivity contribution >= 4 is 15.9 Å². The quantitative estimate of drug-likeness (QED) is 0.755. The molecule has 1 aromatic carbocycles. The number of rotatable bonds is 7. The monoisotopic (exact) mass is 406 g/mol. The zero-order valence-corrected chi connectivity index (χ0v) is 17.3. The second kappa shape index (κ2) is 8.03. The number of nitrogens with zero attached hydrogens (tertiary/aromatic N) is 1. The van der Waals surface area contributed by atoms with Gasteiger partial charge in [-0.3, -0.25) is 4.79 Å². The number of hydrogen-bond donors (Lipinski definition) is 1. The topological polar surface area (TPSA) is 75.7 Å². The summed E-state index contributed by atoms with van der Waals surface area (Å²) in [6, 6.07) is 5.31. The highest BCUT2D eigenvalue weighted by atomic mass is 32.2. The fraction of sp³-hybridized carbons (Fsp3) is 0.667. The Morgan fingerprint density at radius 2 is 2.00 bits per heavy atom. The molecule has 0 spiro atoms. The standard InChI is InChI=1S/C21H30N2O4S/c1-27-20-8-7-18(28(25,26)23-10-2-3-11-23)14-17(20)6-9-21(24)22-19-13-15-4-5-16(19)12-15/h7-8,14-16,19H,2-6,9-13H2,1H3,(H,22,24)/t15-,16+,19+/m0/s1. The van der Waals surface area contributed by atoms with Gasteiger partial charge >= 0.3 is 0 Å². The van der Waals surface area contributed by atoms with Crippen molar-refractivity contribution in [2.75, 3.05) is 20.2 Å². The van der Waals surface area contributed by atoms with Crippen LogP contribution in [-0.4, -0.2) is 44.9 Å². The van der Waals surface area contributed by atoms with Crippen molar-refractivity contribution in [1.29, 1.82) is 0 Å². The Kier molecular flexibility index (Phi) is 5.65. The lowest BCUT2D eigenvalue weighted by atomic mass is 9.95. The van der Waals surface area contributed by atoms with Crippen molar-refractivity contribution in [3.8, 4) is 5.75 Å². The average Bonchev–Trinajstić information content (AvgIpc) is 3.44. The van der Waals surface area contributed by atoms with Crippen LogP contribution in [0.3, 0.4) is 0 Å². The molecule has 1 amide bonds. The molecule has 28 heavy (non-hydrogen) atoms. The van der Waals surface area contributed by atoms with Gasteiger partial charge in [0.15, 0.2) is 0 Å². The van der Waals surface area contributed by atoms with Gasteiger partial charge in [-0.1, -0.05) is 6.42 Å². The van der Waals surface area contributed by atoms with Crippen LogP contribution in [0.4, 0.5) is 0 Å². The van der Waals surface area contributed by atoms with Crippen LogP contribution in [0, 0.1) is 11.8 Å². The molecule has 3 fully saturated rings. The number of carbonyl (C=O) groups excluding carboxylic acids is 1. The zero-order chi connectivity index (χ0) is 19.7. The van der Waals surface area contributed by atoms with E-state index in [4.69, 9.17) is 4.74 Å². The minimum absolute atomic E-state index is 0.0485. The first kappa shape index (κ1) is 19.7. The van der Waals surface area contributed by atoms with Crippen LogP contribution in [0.25, 0.3) is 0 Å². The van der Waals surface area contributed by atoms with Gasteiger partial charge in [-0.05, 0) is 74.1 Å². The summed E-state index contributed by atoms with van der Waals surface area (Å²) in [5.74, 6) is 2.13. The normalized spacial score (nSPS) is 27.2. The molecule has 0 aromatic heterocycles. The van der Waals surface area contributed by atoms with Crippen LogP contribution in [0.5, 0.6) is 5.75 Å². The second-order valence-corrected chi connectivity index (χ2v) is 10.4. The molecule has 1 N–H and O–H groups in total. The number of hydrogen-bond acceptors (Lipinski definition) is 4. The van der Waals surface area contributed by atoms with E-state index in [2.05, 4.69) is 5.32 Å². The van der Waals surface area contributed by atoms with E-state index in [1.54, 1.807) is 29.6 Å². The Morgan fingerprint density at radius 1 is 1.21 bits per heavy atom. The first-order chi connectivity index (χ1) is 13.5. The molecule has 6 nitrogen and oxygen atoms in total. The van der Waals surface area contributed by atoms with Crippen molar-refractivity contribution in [2.45, 2.75) is 62.3 Å². The smallest absolute Gasteiger partial charge is 0.243 e. The number of nitrogens with one attached hydrogen (secondary N) is 1. The molecule has 7 heteroatoms. The fourth-order valence-corrected chi connectivity index (χ4v) is 6.71. The molecule has 2 saturated carbocycles. The molecular weight excluding hydrogens is 376 g/mol. The number of sulfonamides is 1. The summed E-state index contributed by atoms with van der Waals surface area (Å²) in [5.41, 5.74) is 0.769. The third-order valence-corrected chi connectivity index (χ3v) is 8.56. The minimum atomic E-state index is -3.47. The van der Waals surface area contributed by atoms with Crippen LogP contribution in [0.15, 0.2) is 23.1 Å². The lowest BCUT2D eigenvalue weighted by Crippen LogP contribution is -2.38. The van der Waals surface area contributed by atoms with Gasteiger partial charge in [0.25, 0.3) is 0 Å². The van der Waals surface area contributed by atoms with E-state index in [0.29, 0.717) is 48.5 Å². The molecule has 1 aromatic rings. The van der Waals surface area contributed by atoms with E-state index in [1.165, 1.54) is 19.3 Å². The summed E-state index contributed by atoms with van der Waals surface area (Å²) >= 11 is 0. The van der Waals surface area contributed by atoms with E-state index in [0.717, 1.165) is 30.7 Å². The number of carbonyl (C=O) groups is 1. The highest BCUT2D eigenvalue weighted by Gasteiger charge is 2.40. The average molecular weight is 407 g/mol. The predicted octanol–water partition coefficient (Wildman–Crippen LogP) is 2.72. The van der Waals surface area contributed by atoms with Crippen molar-refractivity contribution in [2.24, 2.45) is 11.8 Å². The van der Waals surface area contributed by atoms with Gasteiger partial charge < -0.3 is 10.1 Å². The van der Waals surface area contributed by atoms with Crippen molar-refractivity contribution in [1.82, 2.24) is 9.62 Å². The van der Waals surface area contributed by atoms with E-state index >= 15 is 0 Å². The van der Waals surface area contributed by atoms with Crippen molar-refractivity contribution in [3.05, 3.63) is 23.8 Å². The van der Waals surface area contributed by atoms with E-state index < -0.39 is 10.0 Å².